The van der Waals surface area contributed by atoms with E-state index < -0.39 is 48.3 Å². The molecule has 0 aliphatic heterocycles. The molecule has 154 valence electrons. The molecule has 0 saturated heterocycles. The van der Waals surface area contributed by atoms with E-state index in [-0.39, 0.29) is 12.4 Å². The highest BCUT2D eigenvalue weighted by atomic mass is 35.5. The van der Waals surface area contributed by atoms with Gasteiger partial charge >= 0.3 is 41.7 Å². The molecule has 0 heterocycles. The summed E-state index contributed by atoms with van der Waals surface area (Å²) in [6.45, 7) is -2.84. The number of alkyl halides is 15. The van der Waals surface area contributed by atoms with Crippen molar-refractivity contribution in [2.24, 2.45) is 5.73 Å². The third-order valence-corrected chi connectivity index (χ3v) is 2.65. The molecule has 17 heteroatoms. The van der Waals surface area contributed by atoms with Crippen LogP contribution in [-0.2, 0) is 0 Å². The molecule has 0 bridgehead atoms. The standard InChI is InChI=1S/C8H4F15N.ClH/c9-2(10,1-24)3(11,12)4(13,14)5(15,16)6(17,18)7(19,20)8(21,22)23;/h1,24H2;1H. The molecule has 0 fully saturated rings. The second kappa shape index (κ2) is 6.42. The topological polar surface area (TPSA) is 26.0 Å². The molecular weight excluding hydrogens is 431 g/mol. The average molecular weight is 436 g/mol. The third-order valence-electron chi connectivity index (χ3n) is 2.65. The van der Waals surface area contributed by atoms with Gasteiger partial charge in [-0.3, -0.25) is 0 Å². The molecule has 0 saturated carbocycles. The van der Waals surface area contributed by atoms with Crippen molar-refractivity contribution in [3.05, 3.63) is 0 Å². The van der Waals surface area contributed by atoms with Crippen LogP contribution in [0.1, 0.15) is 0 Å². The second-order valence-electron chi connectivity index (χ2n) is 4.28. The first-order chi connectivity index (χ1) is 10.1. The highest BCUT2D eigenvalue weighted by Gasteiger charge is 2.93. The molecule has 0 aliphatic rings. The first-order valence-electron chi connectivity index (χ1n) is 5.10. The van der Waals surface area contributed by atoms with E-state index in [1.807, 2.05) is 0 Å². The highest BCUT2D eigenvalue weighted by Crippen LogP contribution is 2.62. The lowest BCUT2D eigenvalue weighted by molar-refractivity contribution is -0.451. The molecule has 0 amide bonds. The summed E-state index contributed by atoms with van der Waals surface area (Å²) < 4.78 is 187. The van der Waals surface area contributed by atoms with E-state index >= 15 is 0 Å². The summed E-state index contributed by atoms with van der Waals surface area (Å²) in [5.41, 5.74) is 3.87. The Hall–Kier alpha value is -0.800. The largest absolute Gasteiger partial charge is 0.460 e. The van der Waals surface area contributed by atoms with E-state index in [0.29, 0.717) is 0 Å². The minimum atomic E-state index is -8.25. The molecule has 0 aromatic rings. The lowest BCUT2D eigenvalue weighted by atomic mass is 9.91. The number of hydrogen-bond donors (Lipinski definition) is 1. The smallest absolute Gasteiger partial charge is 0.325 e. The summed E-state index contributed by atoms with van der Waals surface area (Å²) in [6.07, 6.45) is -7.60. The van der Waals surface area contributed by atoms with Crippen LogP contribution in [0.3, 0.4) is 0 Å². The molecule has 0 aliphatic carbocycles. The first kappa shape index (κ1) is 26.4. The van der Waals surface area contributed by atoms with Gasteiger partial charge in [-0.25, -0.2) is 0 Å². The van der Waals surface area contributed by atoms with E-state index in [1.165, 1.54) is 0 Å². The summed E-state index contributed by atoms with van der Waals surface area (Å²) in [5, 5.41) is 0. The molecule has 0 atom stereocenters. The van der Waals surface area contributed by atoms with Crippen LogP contribution in [0.25, 0.3) is 0 Å². The van der Waals surface area contributed by atoms with Gasteiger partial charge in [-0.15, -0.1) is 12.4 Å². The van der Waals surface area contributed by atoms with Crippen molar-refractivity contribution in [3.63, 3.8) is 0 Å². The van der Waals surface area contributed by atoms with Gasteiger partial charge in [-0.05, 0) is 0 Å². The Morgan fingerprint density at radius 3 is 0.920 bits per heavy atom. The summed E-state index contributed by atoms with van der Waals surface area (Å²) in [4.78, 5) is 0. The van der Waals surface area contributed by atoms with E-state index in [4.69, 9.17) is 0 Å². The van der Waals surface area contributed by atoms with Crippen LogP contribution < -0.4 is 5.73 Å². The Kier molecular flexibility index (Phi) is 6.79. The lowest BCUT2D eigenvalue weighted by Crippen LogP contribution is -2.73. The van der Waals surface area contributed by atoms with Gasteiger partial charge in [0.2, 0.25) is 0 Å². The van der Waals surface area contributed by atoms with Crippen LogP contribution in [0, 0.1) is 0 Å². The summed E-state index contributed by atoms with van der Waals surface area (Å²) in [7, 11) is 0. The Labute approximate surface area is 133 Å². The minimum Gasteiger partial charge on any atom is -0.325 e. The zero-order chi connectivity index (χ0) is 20.2. The van der Waals surface area contributed by atoms with Crippen molar-refractivity contribution in [1.29, 1.82) is 0 Å². The second-order valence-corrected chi connectivity index (χ2v) is 4.28. The summed E-state index contributed by atoms with van der Waals surface area (Å²) in [6, 6.07) is 0. The van der Waals surface area contributed by atoms with Crippen molar-refractivity contribution >= 4 is 12.4 Å². The molecule has 2 N–H and O–H groups in total. The molecule has 0 aromatic carbocycles. The van der Waals surface area contributed by atoms with Crippen LogP contribution >= 0.6 is 12.4 Å². The number of halogens is 16. The van der Waals surface area contributed by atoms with E-state index in [2.05, 4.69) is 5.73 Å². The maximum atomic E-state index is 12.9. The van der Waals surface area contributed by atoms with Crippen molar-refractivity contribution < 1.29 is 65.9 Å². The first-order valence-corrected chi connectivity index (χ1v) is 5.10. The quantitative estimate of drug-likeness (QED) is 0.599. The van der Waals surface area contributed by atoms with Crippen molar-refractivity contribution in [3.8, 4) is 0 Å². The van der Waals surface area contributed by atoms with E-state index in [1.54, 1.807) is 0 Å². The summed E-state index contributed by atoms with van der Waals surface area (Å²) >= 11 is 0. The number of hydrogen-bond acceptors (Lipinski definition) is 1. The Morgan fingerprint density at radius 1 is 0.440 bits per heavy atom. The van der Waals surface area contributed by atoms with Crippen LogP contribution in [0.5, 0.6) is 0 Å². The van der Waals surface area contributed by atoms with Gasteiger partial charge in [-0.2, -0.15) is 65.9 Å². The van der Waals surface area contributed by atoms with Crippen LogP contribution in [0.4, 0.5) is 65.9 Å². The summed E-state index contributed by atoms with van der Waals surface area (Å²) in [5.74, 6) is -46.3. The SMILES string of the molecule is Cl.NCC(F)(F)C(F)(F)C(F)(F)C(F)(F)C(F)(F)C(F)(F)C(F)(F)F. The Morgan fingerprint density at radius 2 is 0.680 bits per heavy atom. The third kappa shape index (κ3) is 3.30. The van der Waals surface area contributed by atoms with Crippen molar-refractivity contribution in [1.82, 2.24) is 0 Å². The lowest BCUT2D eigenvalue weighted by Gasteiger charge is -2.41. The maximum absolute atomic E-state index is 12.9. The van der Waals surface area contributed by atoms with Gasteiger partial charge in [0.1, 0.15) is 0 Å². The molecule has 0 aromatic heterocycles. The molecule has 0 radical (unpaired) electrons. The maximum Gasteiger partial charge on any atom is 0.460 e. The minimum absolute atomic E-state index is 0. The van der Waals surface area contributed by atoms with Crippen molar-refractivity contribution in [2.45, 2.75) is 41.7 Å². The Balaban J connectivity index is 0. The number of rotatable bonds is 6. The monoisotopic (exact) mass is 435 g/mol. The molecule has 1 nitrogen and oxygen atoms in total. The molecule has 0 spiro atoms. The molecule has 25 heavy (non-hydrogen) atoms. The molecular formula is C8H5ClF15N. The van der Waals surface area contributed by atoms with Crippen LogP contribution in [-0.4, -0.2) is 48.3 Å². The van der Waals surface area contributed by atoms with Gasteiger partial charge < -0.3 is 5.73 Å². The van der Waals surface area contributed by atoms with Crippen LogP contribution in [0.2, 0.25) is 0 Å². The number of nitrogens with two attached hydrogens (primary N) is 1. The Bertz CT molecular complexity index is 467. The van der Waals surface area contributed by atoms with Gasteiger partial charge in [0, 0.05) is 0 Å². The molecule has 0 rings (SSSR count). The molecule has 0 unspecified atom stereocenters. The zero-order valence-corrected chi connectivity index (χ0v) is 11.7. The zero-order valence-electron chi connectivity index (χ0n) is 10.9. The van der Waals surface area contributed by atoms with Crippen LogP contribution in [0.15, 0.2) is 0 Å². The van der Waals surface area contributed by atoms with E-state index in [0.717, 1.165) is 0 Å². The fourth-order valence-electron chi connectivity index (χ4n) is 1.13. The van der Waals surface area contributed by atoms with E-state index in [9.17, 15) is 65.9 Å². The predicted octanol–water partition coefficient (Wildman–Crippen LogP) is 4.74. The predicted molar refractivity (Wildman–Crippen MR) is 52.0 cm³/mol. The van der Waals surface area contributed by atoms with Gasteiger partial charge in [0.15, 0.2) is 0 Å². The van der Waals surface area contributed by atoms with Gasteiger partial charge in [0.25, 0.3) is 0 Å². The van der Waals surface area contributed by atoms with Gasteiger partial charge in [0.05, 0.1) is 6.54 Å². The van der Waals surface area contributed by atoms with Crippen molar-refractivity contribution in [2.75, 3.05) is 6.54 Å². The van der Waals surface area contributed by atoms with Gasteiger partial charge in [-0.1, -0.05) is 0 Å². The normalized spacial score (nSPS) is 15.8. The fourth-order valence-corrected chi connectivity index (χ4v) is 1.13. The highest BCUT2D eigenvalue weighted by molar-refractivity contribution is 5.85. The fraction of sp³-hybridized carbons (Fsp3) is 1.00. The average Bonchev–Trinajstić information content (AvgIpc) is 2.36.